The summed E-state index contributed by atoms with van der Waals surface area (Å²) in [5.41, 5.74) is 8.67. The first kappa shape index (κ1) is 21.6. The van der Waals surface area contributed by atoms with Crippen molar-refractivity contribution >= 4 is 16.7 Å². The second-order valence-corrected chi connectivity index (χ2v) is 7.82. The summed E-state index contributed by atoms with van der Waals surface area (Å²) >= 11 is 0. The van der Waals surface area contributed by atoms with E-state index in [2.05, 4.69) is 5.32 Å². The monoisotopic (exact) mass is 424 g/mol. The minimum Gasteiger partial charge on any atom is -0.492 e. The molecule has 0 bridgehead atoms. The molecule has 0 radical (unpaired) electrons. The topological polar surface area (TPSA) is 64.3 Å². The van der Waals surface area contributed by atoms with Crippen molar-refractivity contribution < 1.29 is 9.53 Å². The Balaban J connectivity index is 1.65. The van der Waals surface area contributed by atoms with Crippen LogP contribution in [0.25, 0.3) is 10.8 Å². The third kappa shape index (κ3) is 4.66. The van der Waals surface area contributed by atoms with Crippen LogP contribution >= 0.6 is 0 Å². The van der Waals surface area contributed by atoms with Gasteiger partial charge in [0.25, 0.3) is 0 Å². The van der Waals surface area contributed by atoms with Gasteiger partial charge < -0.3 is 15.8 Å². The minimum absolute atomic E-state index is 0.0246. The molecule has 0 aliphatic heterocycles. The van der Waals surface area contributed by atoms with Crippen LogP contribution in [0.3, 0.4) is 0 Å². The number of hydrogen-bond donors (Lipinski definition) is 2. The standard InChI is InChI=1S/C28H28N2O2/c1-20(23-14-8-16-25-24(23)15-9-17-26(25)32-19-18-29)28(31)30-27(21-10-4-2-5-11-21)22-12-6-3-7-13-22/h2-17,20,27H,18-19,29H2,1H3,(H,30,31). The molecule has 1 unspecified atom stereocenters. The van der Waals surface area contributed by atoms with Crippen molar-refractivity contribution in [1.29, 1.82) is 0 Å². The van der Waals surface area contributed by atoms with Gasteiger partial charge in [0.05, 0.1) is 12.0 Å². The lowest BCUT2D eigenvalue weighted by Gasteiger charge is -2.23. The van der Waals surface area contributed by atoms with Gasteiger partial charge >= 0.3 is 0 Å². The highest BCUT2D eigenvalue weighted by molar-refractivity contribution is 5.95. The molecule has 0 saturated carbocycles. The Hall–Kier alpha value is -3.63. The average Bonchev–Trinajstić information content (AvgIpc) is 2.86. The molecule has 4 rings (SSSR count). The molecule has 162 valence electrons. The predicted octanol–water partition coefficient (Wildman–Crippen LogP) is 5.19. The van der Waals surface area contributed by atoms with Gasteiger partial charge in [-0.25, -0.2) is 0 Å². The zero-order valence-electron chi connectivity index (χ0n) is 18.2. The van der Waals surface area contributed by atoms with Crippen LogP contribution in [0.2, 0.25) is 0 Å². The van der Waals surface area contributed by atoms with E-state index in [1.54, 1.807) is 0 Å². The summed E-state index contributed by atoms with van der Waals surface area (Å²) < 4.78 is 5.82. The Labute approximate surface area is 189 Å². The molecule has 0 fully saturated rings. The van der Waals surface area contributed by atoms with Crippen LogP contribution < -0.4 is 15.8 Å². The van der Waals surface area contributed by atoms with Gasteiger partial charge in [-0.15, -0.1) is 0 Å². The van der Waals surface area contributed by atoms with Crippen LogP contribution in [0.4, 0.5) is 0 Å². The molecule has 0 heterocycles. The fourth-order valence-corrected chi connectivity index (χ4v) is 4.04. The number of fused-ring (bicyclic) bond motifs is 1. The lowest BCUT2D eigenvalue weighted by Crippen LogP contribution is -2.32. The number of ether oxygens (including phenoxy) is 1. The van der Waals surface area contributed by atoms with E-state index in [4.69, 9.17) is 10.5 Å². The molecule has 1 atom stereocenters. The van der Waals surface area contributed by atoms with E-state index in [0.29, 0.717) is 13.2 Å². The van der Waals surface area contributed by atoms with E-state index >= 15 is 0 Å². The molecule has 4 aromatic carbocycles. The Morgan fingerprint density at radius 3 is 2.03 bits per heavy atom. The van der Waals surface area contributed by atoms with Crippen LogP contribution in [0, 0.1) is 0 Å². The Morgan fingerprint density at radius 1 is 0.812 bits per heavy atom. The Morgan fingerprint density at radius 2 is 1.41 bits per heavy atom. The molecule has 32 heavy (non-hydrogen) atoms. The highest BCUT2D eigenvalue weighted by Crippen LogP contribution is 2.32. The van der Waals surface area contributed by atoms with Gasteiger partial charge in [0.2, 0.25) is 5.91 Å². The largest absolute Gasteiger partial charge is 0.492 e. The van der Waals surface area contributed by atoms with Crippen molar-refractivity contribution in [3.63, 3.8) is 0 Å². The highest BCUT2D eigenvalue weighted by atomic mass is 16.5. The van der Waals surface area contributed by atoms with E-state index in [0.717, 1.165) is 33.2 Å². The second-order valence-electron chi connectivity index (χ2n) is 7.82. The molecule has 0 saturated heterocycles. The van der Waals surface area contributed by atoms with Gasteiger partial charge in [0, 0.05) is 11.9 Å². The maximum atomic E-state index is 13.4. The van der Waals surface area contributed by atoms with E-state index in [1.165, 1.54) is 0 Å². The van der Waals surface area contributed by atoms with E-state index < -0.39 is 0 Å². The highest BCUT2D eigenvalue weighted by Gasteiger charge is 2.23. The molecule has 4 aromatic rings. The molecule has 4 nitrogen and oxygen atoms in total. The maximum absolute atomic E-state index is 13.4. The zero-order chi connectivity index (χ0) is 22.3. The number of carbonyl (C=O) groups excluding carboxylic acids is 1. The summed E-state index contributed by atoms with van der Waals surface area (Å²) in [6, 6.07) is 31.8. The first-order chi connectivity index (χ1) is 15.7. The average molecular weight is 425 g/mol. The Bertz CT molecular complexity index is 1140. The van der Waals surface area contributed by atoms with Crippen molar-refractivity contribution in [2.24, 2.45) is 5.73 Å². The van der Waals surface area contributed by atoms with E-state index in [1.807, 2.05) is 104 Å². The molecule has 1 amide bonds. The second kappa shape index (κ2) is 10.1. The Kier molecular flexibility index (Phi) is 6.83. The van der Waals surface area contributed by atoms with Gasteiger partial charge in [-0.2, -0.15) is 0 Å². The lowest BCUT2D eigenvalue weighted by molar-refractivity contribution is -0.122. The number of carbonyl (C=O) groups is 1. The fraction of sp³-hybridized carbons (Fsp3) is 0.179. The van der Waals surface area contributed by atoms with Crippen LogP contribution in [-0.4, -0.2) is 19.1 Å². The SMILES string of the molecule is CC(C(=O)NC(c1ccccc1)c1ccccc1)c1cccc2c(OCCN)cccc12. The van der Waals surface area contributed by atoms with Crippen molar-refractivity contribution in [2.75, 3.05) is 13.2 Å². The van der Waals surface area contributed by atoms with Crippen LogP contribution in [-0.2, 0) is 4.79 Å². The van der Waals surface area contributed by atoms with Crippen molar-refractivity contribution in [1.82, 2.24) is 5.32 Å². The van der Waals surface area contributed by atoms with Crippen LogP contribution in [0.5, 0.6) is 5.75 Å². The number of nitrogens with one attached hydrogen (secondary N) is 1. The summed E-state index contributed by atoms with van der Waals surface area (Å²) in [6.07, 6.45) is 0. The summed E-state index contributed by atoms with van der Waals surface area (Å²) in [5, 5.41) is 5.28. The molecule has 0 spiro atoms. The van der Waals surface area contributed by atoms with Crippen LogP contribution in [0.15, 0.2) is 97.1 Å². The van der Waals surface area contributed by atoms with E-state index in [9.17, 15) is 4.79 Å². The number of hydrogen-bond acceptors (Lipinski definition) is 3. The van der Waals surface area contributed by atoms with Crippen molar-refractivity contribution in [3.05, 3.63) is 114 Å². The third-order valence-corrected chi connectivity index (χ3v) is 5.70. The molecule has 0 aliphatic carbocycles. The van der Waals surface area contributed by atoms with Crippen molar-refractivity contribution in [3.8, 4) is 5.75 Å². The van der Waals surface area contributed by atoms with Crippen molar-refractivity contribution in [2.45, 2.75) is 18.9 Å². The number of rotatable bonds is 8. The van der Waals surface area contributed by atoms with E-state index in [-0.39, 0.29) is 17.9 Å². The molecule has 4 heteroatoms. The molecular weight excluding hydrogens is 396 g/mol. The molecule has 3 N–H and O–H groups in total. The summed E-state index contributed by atoms with van der Waals surface area (Å²) in [7, 11) is 0. The fourth-order valence-electron chi connectivity index (χ4n) is 4.04. The van der Waals surface area contributed by atoms with Gasteiger partial charge in [-0.05, 0) is 35.1 Å². The number of nitrogens with two attached hydrogens (primary N) is 1. The predicted molar refractivity (Wildman–Crippen MR) is 130 cm³/mol. The van der Waals surface area contributed by atoms with Gasteiger partial charge in [-0.3, -0.25) is 4.79 Å². The summed E-state index contributed by atoms with van der Waals surface area (Å²) in [4.78, 5) is 13.4. The first-order valence-corrected chi connectivity index (χ1v) is 10.9. The van der Waals surface area contributed by atoms with Crippen LogP contribution in [0.1, 0.15) is 35.6 Å². The summed E-state index contributed by atoms with van der Waals surface area (Å²) in [6.45, 7) is 2.86. The number of benzene rings is 4. The molecule has 0 aliphatic rings. The third-order valence-electron chi connectivity index (χ3n) is 5.70. The molecular formula is C28H28N2O2. The normalized spacial score (nSPS) is 12.0. The quantitative estimate of drug-likeness (QED) is 0.409. The number of amides is 1. The smallest absolute Gasteiger partial charge is 0.228 e. The van der Waals surface area contributed by atoms with Gasteiger partial charge in [-0.1, -0.05) is 91.0 Å². The summed E-state index contributed by atoms with van der Waals surface area (Å²) in [5.74, 6) is 0.427. The van der Waals surface area contributed by atoms with Gasteiger partial charge in [0.1, 0.15) is 12.4 Å². The minimum atomic E-state index is -0.335. The van der Waals surface area contributed by atoms with Gasteiger partial charge in [0.15, 0.2) is 0 Å². The lowest BCUT2D eigenvalue weighted by atomic mass is 9.92. The molecule has 0 aromatic heterocycles. The maximum Gasteiger partial charge on any atom is 0.228 e. The zero-order valence-corrected chi connectivity index (χ0v) is 18.2. The first-order valence-electron chi connectivity index (χ1n) is 10.9.